The van der Waals surface area contributed by atoms with Gasteiger partial charge in [0.15, 0.2) is 5.96 Å². The van der Waals surface area contributed by atoms with Crippen molar-refractivity contribution in [2.75, 3.05) is 39.9 Å². The number of benzene rings is 1. The second-order valence-corrected chi connectivity index (χ2v) is 6.20. The van der Waals surface area contributed by atoms with Crippen LogP contribution in [0.1, 0.15) is 24.8 Å². The summed E-state index contributed by atoms with van der Waals surface area (Å²) in [5, 5.41) is 3.51. The maximum absolute atomic E-state index is 5.35. The third-order valence-electron chi connectivity index (χ3n) is 4.65. The van der Waals surface area contributed by atoms with Crippen LogP contribution >= 0.6 is 17.0 Å². The first-order valence-electron chi connectivity index (χ1n) is 8.82. The molecule has 0 bridgehead atoms. The standard InChI is InChI=1S/C20H27N3O.BrH/c1-21-20(22-12-7-17-10-15-24-16-11-17)23-13-8-19(9-14-23)18-5-3-2-4-6-18;/h2-6,8,10H,7,9,11-16H2,1H3,(H,21,22);1H. The van der Waals surface area contributed by atoms with Gasteiger partial charge in [-0.25, -0.2) is 0 Å². The van der Waals surface area contributed by atoms with Crippen LogP contribution in [0.15, 0.2) is 53.0 Å². The van der Waals surface area contributed by atoms with Gasteiger partial charge in [-0.05, 0) is 30.4 Å². The maximum Gasteiger partial charge on any atom is 0.193 e. The molecule has 2 aliphatic rings. The normalized spacial score (nSPS) is 18.1. The third kappa shape index (κ3) is 5.72. The Kier molecular flexibility index (Phi) is 8.22. The van der Waals surface area contributed by atoms with Crippen LogP contribution in [0.5, 0.6) is 0 Å². The molecule has 0 amide bonds. The minimum Gasteiger partial charge on any atom is -0.377 e. The van der Waals surface area contributed by atoms with E-state index in [4.69, 9.17) is 4.74 Å². The van der Waals surface area contributed by atoms with Crippen LogP contribution < -0.4 is 5.32 Å². The smallest absolute Gasteiger partial charge is 0.193 e. The summed E-state index contributed by atoms with van der Waals surface area (Å²) in [6, 6.07) is 10.7. The lowest BCUT2D eigenvalue weighted by Gasteiger charge is -2.30. The van der Waals surface area contributed by atoms with Crippen molar-refractivity contribution in [3.05, 3.63) is 53.6 Å². The number of hydrogen-bond donors (Lipinski definition) is 1. The summed E-state index contributed by atoms with van der Waals surface area (Å²) in [5.41, 5.74) is 4.27. The van der Waals surface area contributed by atoms with E-state index < -0.39 is 0 Å². The molecule has 4 nitrogen and oxygen atoms in total. The lowest BCUT2D eigenvalue weighted by atomic mass is 10.00. The number of ether oxygens (including phenoxy) is 1. The average molecular weight is 406 g/mol. The Labute approximate surface area is 161 Å². The molecule has 0 saturated heterocycles. The van der Waals surface area contributed by atoms with E-state index in [9.17, 15) is 0 Å². The monoisotopic (exact) mass is 405 g/mol. The maximum atomic E-state index is 5.35. The molecule has 0 radical (unpaired) electrons. The Bertz CT molecular complexity index is 625. The Hall–Kier alpha value is -1.59. The molecule has 1 N–H and O–H groups in total. The van der Waals surface area contributed by atoms with Crippen molar-refractivity contribution < 1.29 is 4.74 Å². The van der Waals surface area contributed by atoms with Gasteiger partial charge in [-0.15, -0.1) is 17.0 Å². The Morgan fingerprint density at radius 2 is 2.04 bits per heavy atom. The molecule has 0 aromatic heterocycles. The first-order valence-corrected chi connectivity index (χ1v) is 8.82. The molecule has 0 atom stereocenters. The average Bonchev–Trinajstić information content (AvgIpc) is 2.67. The van der Waals surface area contributed by atoms with E-state index >= 15 is 0 Å². The summed E-state index contributed by atoms with van der Waals surface area (Å²) < 4.78 is 5.35. The fourth-order valence-corrected chi connectivity index (χ4v) is 3.24. The number of nitrogens with zero attached hydrogens (tertiary/aromatic N) is 2. The highest BCUT2D eigenvalue weighted by atomic mass is 79.9. The fraction of sp³-hybridized carbons (Fsp3) is 0.450. The fourth-order valence-electron chi connectivity index (χ4n) is 3.24. The number of nitrogens with one attached hydrogen (secondary N) is 1. The largest absolute Gasteiger partial charge is 0.377 e. The topological polar surface area (TPSA) is 36.9 Å². The summed E-state index contributed by atoms with van der Waals surface area (Å²) >= 11 is 0. The molecular formula is C20H28BrN3O. The van der Waals surface area contributed by atoms with Crippen molar-refractivity contribution in [2.24, 2.45) is 4.99 Å². The van der Waals surface area contributed by atoms with Crippen molar-refractivity contribution in [1.29, 1.82) is 0 Å². The predicted molar refractivity (Wildman–Crippen MR) is 110 cm³/mol. The van der Waals surface area contributed by atoms with E-state index in [-0.39, 0.29) is 17.0 Å². The van der Waals surface area contributed by atoms with Gasteiger partial charge < -0.3 is 15.0 Å². The molecule has 0 unspecified atom stereocenters. The number of aliphatic imine (C=N–C) groups is 1. The van der Waals surface area contributed by atoms with Gasteiger partial charge in [0.1, 0.15) is 0 Å². The van der Waals surface area contributed by atoms with Crippen LogP contribution in [0, 0.1) is 0 Å². The van der Waals surface area contributed by atoms with Gasteiger partial charge in [-0.2, -0.15) is 0 Å². The second kappa shape index (κ2) is 10.4. The molecule has 3 rings (SSSR count). The highest BCUT2D eigenvalue weighted by molar-refractivity contribution is 8.93. The van der Waals surface area contributed by atoms with Gasteiger partial charge in [0, 0.05) is 26.7 Å². The molecule has 0 spiro atoms. The van der Waals surface area contributed by atoms with Crippen LogP contribution in [0.3, 0.4) is 0 Å². The number of hydrogen-bond acceptors (Lipinski definition) is 2. The SMILES string of the molecule is Br.CN=C(NCCC1=CCOCC1)N1CC=C(c2ccccc2)CC1. The molecule has 1 aromatic rings. The number of guanidine groups is 1. The van der Waals surface area contributed by atoms with Crippen molar-refractivity contribution >= 4 is 28.5 Å². The molecule has 136 valence electrons. The zero-order chi connectivity index (χ0) is 16.6. The lowest BCUT2D eigenvalue weighted by Crippen LogP contribution is -2.43. The van der Waals surface area contributed by atoms with Crippen LogP contribution in [-0.4, -0.2) is 50.8 Å². The first kappa shape index (κ1) is 19.7. The van der Waals surface area contributed by atoms with Crippen LogP contribution in [0.25, 0.3) is 5.57 Å². The highest BCUT2D eigenvalue weighted by Gasteiger charge is 2.16. The first-order chi connectivity index (χ1) is 11.9. The van der Waals surface area contributed by atoms with E-state index in [0.717, 1.165) is 58.1 Å². The van der Waals surface area contributed by atoms with Crippen LogP contribution in [-0.2, 0) is 4.74 Å². The summed E-state index contributed by atoms with van der Waals surface area (Å²) in [7, 11) is 1.87. The molecule has 5 heteroatoms. The van der Waals surface area contributed by atoms with Gasteiger partial charge in [0.25, 0.3) is 0 Å². The summed E-state index contributed by atoms with van der Waals surface area (Å²) in [6.45, 7) is 4.49. The van der Waals surface area contributed by atoms with Crippen LogP contribution in [0.2, 0.25) is 0 Å². The molecular weight excluding hydrogens is 378 g/mol. The van der Waals surface area contributed by atoms with E-state index in [2.05, 4.69) is 57.7 Å². The second-order valence-electron chi connectivity index (χ2n) is 6.20. The number of rotatable bonds is 4. The Morgan fingerprint density at radius 3 is 2.68 bits per heavy atom. The minimum absolute atomic E-state index is 0. The third-order valence-corrected chi connectivity index (χ3v) is 4.65. The van der Waals surface area contributed by atoms with E-state index in [1.807, 2.05) is 7.05 Å². The molecule has 2 aliphatic heterocycles. The zero-order valence-corrected chi connectivity index (χ0v) is 16.6. The van der Waals surface area contributed by atoms with Gasteiger partial charge in [-0.1, -0.05) is 48.1 Å². The number of halogens is 1. The van der Waals surface area contributed by atoms with Crippen LogP contribution in [0.4, 0.5) is 0 Å². The highest BCUT2D eigenvalue weighted by Crippen LogP contribution is 2.22. The molecule has 25 heavy (non-hydrogen) atoms. The summed E-state index contributed by atoms with van der Waals surface area (Å²) in [6.07, 6.45) is 7.73. The van der Waals surface area contributed by atoms with Crippen molar-refractivity contribution in [1.82, 2.24) is 10.2 Å². The zero-order valence-electron chi connectivity index (χ0n) is 14.9. The Balaban J connectivity index is 0.00000225. The summed E-state index contributed by atoms with van der Waals surface area (Å²) in [5.74, 6) is 1.01. The van der Waals surface area contributed by atoms with E-state index in [0.29, 0.717) is 0 Å². The minimum atomic E-state index is 0. The van der Waals surface area contributed by atoms with E-state index in [1.54, 1.807) is 0 Å². The lowest BCUT2D eigenvalue weighted by molar-refractivity contribution is 0.153. The molecule has 2 heterocycles. The van der Waals surface area contributed by atoms with Gasteiger partial charge in [0.05, 0.1) is 13.2 Å². The predicted octanol–water partition coefficient (Wildman–Crippen LogP) is 3.67. The van der Waals surface area contributed by atoms with Gasteiger partial charge in [-0.3, -0.25) is 4.99 Å². The molecule has 0 saturated carbocycles. The Morgan fingerprint density at radius 1 is 1.20 bits per heavy atom. The van der Waals surface area contributed by atoms with Crippen molar-refractivity contribution in [3.63, 3.8) is 0 Å². The molecule has 1 aromatic carbocycles. The van der Waals surface area contributed by atoms with Gasteiger partial charge in [0.2, 0.25) is 0 Å². The molecule has 0 fully saturated rings. The quantitative estimate of drug-likeness (QED) is 0.471. The van der Waals surface area contributed by atoms with Crippen molar-refractivity contribution in [2.45, 2.75) is 19.3 Å². The van der Waals surface area contributed by atoms with Crippen molar-refractivity contribution in [3.8, 4) is 0 Å². The van der Waals surface area contributed by atoms with E-state index in [1.165, 1.54) is 16.7 Å². The summed E-state index contributed by atoms with van der Waals surface area (Å²) in [4.78, 5) is 6.77. The van der Waals surface area contributed by atoms with Gasteiger partial charge >= 0.3 is 0 Å². The molecule has 0 aliphatic carbocycles.